The molecule has 1 aliphatic rings. The third-order valence-corrected chi connectivity index (χ3v) is 3.48. The second-order valence-electron chi connectivity index (χ2n) is 4.70. The summed E-state index contributed by atoms with van der Waals surface area (Å²) in [5.74, 6) is 1.67. The Kier molecular flexibility index (Phi) is 3.01. The first-order valence-electron chi connectivity index (χ1n) is 6.33. The van der Waals surface area contributed by atoms with Gasteiger partial charge in [-0.3, -0.25) is 0 Å². The zero-order valence-corrected chi connectivity index (χ0v) is 9.91. The van der Waals surface area contributed by atoms with Gasteiger partial charge in [-0.15, -0.1) is 0 Å². The molecule has 0 aliphatic carbocycles. The summed E-state index contributed by atoms with van der Waals surface area (Å²) in [5, 5.41) is 4.59. The monoisotopic (exact) mass is 230 g/mol. The van der Waals surface area contributed by atoms with Gasteiger partial charge in [-0.2, -0.15) is 0 Å². The van der Waals surface area contributed by atoms with Gasteiger partial charge < -0.3 is 15.0 Å². The van der Waals surface area contributed by atoms with Crippen LogP contribution in [0.15, 0.2) is 30.5 Å². The lowest BCUT2D eigenvalue weighted by atomic mass is 9.99. The molecular formula is C14H18N2O. The lowest BCUT2D eigenvalue weighted by Crippen LogP contribution is -2.30. The molecule has 0 unspecified atom stereocenters. The topological polar surface area (TPSA) is 37.0 Å². The molecular weight excluding hydrogens is 212 g/mol. The van der Waals surface area contributed by atoms with Gasteiger partial charge in [0.05, 0.1) is 12.1 Å². The molecule has 1 aliphatic heterocycles. The van der Waals surface area contributed by atoms with Crippen LogP contribution in [0.4, 0.5) is 0 Å². The van der Waals surface area contributed by atoms with Gasteiger partial charge in [-0.25, -0.2) is 0 Å². The van der Waals surface area contributed by atoms with Gasteiger partial charge >= 0.3 is 0 Å². The van der Waals surface area contributed by atoms with E-state index in [2.05, 4.69) is 22.4 Å². The van der Waals surface area contributed by atoms with Gasteiger partial charge in [-0.05, 0) is 44.0 Å². The fraction of sp³-hybridized carbons (Fsp3) is 0.429. The van der Waals surface area contributed by atoms with E-state index in [0.717, 1.165) is 31.0 Å². The van der Waals surface area contributed by atoms with Crippen molar-refractivity contribution in [1.82, 2.24) is 10.3 Å². The summed E-state index contributed by atoms with van der Waals surface area (Å²) in [4.78, 5) is 3.24. The van der Waals surface area contributed by atoms with Crippen molar-refractivity contribution in [2.75, 3.05) is 19.7 Å². The Bertz CT molecular complexity index is 486. The van der Waals surface area contributed by atoms with Crippen molar-refractivity contribution >= 4 is 10.9 Å². The number of ether oxygens (including phenoxy) is 1. The number of rotatable bonds is 3. The van der Waals surface area contributed by atoms with E-state index in [1.165, 1.54) is 18.2 Å². The van der Waals surface area contributed by atoms with Crippen LogP contribution in [-0.2, 0) is 0 Å². The molecule has 0 spiro atoms. The molecule has 1 fully saturated rings. The zero-order valence-electron chi connectivity index (χ0n) is 9.91. The highest BCUT2D eigenvalue weighted by Gasteiger charge is 2.14. The molecule has 2 aromatic rings. The molecule has 1 saturated heterocycles. The summed E-state index contributed by atoms with van der Waals surface area (Å²) in [7, 11) is 0. The highest BCUT2D eigenvalue weighted by molar-refractivity contribution is 5.85. The van der Waals surface area contributed by atoms with Crippen LogP contribution in [0.5, 0.6) is 5.75 Å². The maximum atomic E-state index is 5.96. The van der Waals surface area contributed by atoms with Crippen LogP contribution in [0.1, 0.15) is 12.8 Å². The van der Waals surface area contributed by atoms with E-state index in [1.54, 1.807) is 0 Å². The molecule has 0 amide bonds. The molecule has 2 heterocycles. The number of hydrogen-bond donors (Lipinski definition) is 2. The maximum absolute atomic E-state index is 5.96. The molecule has 1 aromatic carbocycles. The Labute approximate surface area is 101 Å². The van der Waals surface area contributed by atoms with Gasteiger partial charge in [0.2, 0.25) is 0 Å². The number of aromatic amines is 1. The number of benzene rings is 1. The molecule has 3 nitrogen and oxygen atoms in total. The van der Waals surface area contributed by atoms with E-state index >= 15 is 0 Å². The lowest BCUT2D eigenvalue weighted by molar-refractivity contribution is 0.217. The van der Waals surface area contributed by atoms with Crippen molar-refractivity contribution in [3.8, 4) is 5.75 Å². The van der Waals surface area contributed by atoms with E-state index in [4.69, 9.17) is 4.74 Å². The van der Waals surface area contributed by atoms with E-state index in [0.29, 0.717) is 5.92 Å². The Morgan fingerprint density at radius 2 is 2.06 bits per heavy atom. The average molecular weight is 230 g/mol. The summed E-state index contributed by atoms with van der Waals surface area (Å²) in [6, 6.07) is 8.27. The fourth-order valence-corrected chi connectivity index (χ4v) is 2.43. The highest BCUT2D eigenvalue weighted by Crippen LogP contribution is 2.25. The highest BCUT2D eigenvalue weighted by atomic mass is 16.5. The summed E-state index contributed by atoms with van der Waals surface area (Å²) in [5.41, 5.74) is 1.11. The van der Waals surface area contributed by atoms with Gasteiger partial charge in [0.1, 0.15) is 5.75 Å². The Hall–Kier alpha value is -1.48. The molecule has 0 atom stereocenters. The number of para-hydroxylation sites is 1. The molecule has 17 heavy (non-hydrogen) atoms. The van der Waals surface area contributed by atoms with Crippen LogP contribution in [0.2, 0.25) is 0 Å². The first-order valence-corrected chi connectivity index (χ1v) is 6.33. The second kappa shape index (κ2) is 4.80. The molecule has 2 N–H and O–H groups in total. The summed E-state index contributed by atoms with van der Waals surface area (Å²) in [6.07, 6.45) is 4.41. The number of nitrogens with one attached hydrogen (secondary N) is 2. The van der Waals surface area contributed by atoms with Crippen molar-refractivity contribution in [1.29, 1.82) is 0 Å². The van der Waals surface area contributed by atoms with Crippen molar-refractivity contribution in [3.05, 3.63) is 30.5 Å². The number of fused-ring (bicyclic) bond motifs is 1. The molecule has 0 radical (unpaired) electrons. The minimum atomic E-state index is 0.696. The van der Waals surface area contributed by atoms with E-state index in [9.17, 15) is 0 Å². The van der Waals surface area contributed by atoms with Crippen LogP contribution in [0.25, 0.3) is 10.9 Å². The quantitative estimate of drug-likeness (QED) is 0.850. The largest absolute Gasteiger partial charge is 0.491 e. The van der Waals surface area contributed by atoms with Crippen LogP contribution in [0.3, 0.4) is 0 Å². The van der Waals surface area contributed by atoms with Crippen LogP contribution < -0.4 is 10.1 Å². The zero-order chi connectivity index (χ0) is 11.5. The van der Waals surface area contributed by atoms with E-state index in [1.807, 2.05) is 18.3 Å². The Morgan fingerprint density at radius 3 is 2.94 bits per heavy atom. The fourth-order valence-electron chi connectivity index (χ4n) is 2.43. The number of H-pyrrole nitrogens is 1. The minimum absolute atomic E-state index is 0.696. The van der Waals surface area contributed by atoms with Crippen molar-refractivity contribution < 1.29 is 4.74 Å². The molecule has 3 heteroatoms. The van der Waals surface area contributed by atoms with Crippen LogP contribution in [-0.4, -0.2) is 24.7 Å². The summed E-state index contributed by atoms with van der Waals surface area (Å²) >= 11 is 0. The van der Waals surface area contributed by atoms with Crippen LogP contribution in [0, 0.1) is 5.92 Å². The molecule has 90 valence electrons. The third kappa shape index (κ3) is 2.29. The van der Waals surface area contributed by atoms with Gasteiger partial charge in [0, 0.05) is 11.6 Å². The SMILES string of the molecule is c1cc(OCC2CCNCC2)c2[nH]ccc2c1. The normalized spacial score (nSPS) is 17.4. The smallest absolute Gasteiger partial charge is 0.143 e. The third-order valence-electron chi connectivity index (χ3n) is 3.48. The first-order chi connectivity index (χ1) is 8.43. The average Bonchev–Trinajstić information content (AvgIpc) is 2.86. The lowest BCUT2D eigenvalue weighted by Gasteiger charge is -2.22. The number of hydrogen-bond acceptors (Lipinski definition) is 2. The predicted octanol–water partition coefficient (Wildman–Crippen LogP) is 2.55. The summed E-state index contributed by atoms with van der Waals surface area (Å²) in [6.45, 7) is 3.08. The van der Waals surface area contributed by atoms with Crippen molar-refractivity contribution in [2.45, 2.75) is 12.8 Å². The summed E-state index contributed by atoms with van der Waals surface area (Å²) < 4.78 is 5.96. The standard InChI is InChI=1S/C14H18N2O/c1-2-12-6-9-16-14(12)13(3-1)17-10-11-4-7-15-8-5-11/h1-3,6,9,11,15-16H,4-5,7-8,10H2. The second-order valence-corrected chi connectivity index (χ2v) is 4.70. The minimum Gasteiger partial charge on any atom is -0.491 e. The van der Waals surface area contributed by atoms with Gasteiger partial charge in [0.15, 0.2) is 0 Å². The number of piperidine rings is 1. The molecule has 3 rings (SSSR count). The van der Waals surface area contributed by atoms with Crippen molar-refractivity contribution in [3.63, 3.8) is 0 Å². The first kappa shape index (κ1) is 10.7. The number of aromatic nitrogens is 1. The Morgan fingerprint density at radius 1 is 1.18 bits per heavy atom. The maximum Gasteiger partial charge on any atom is 0.143 e. The Balaban J connectivity index is 1.69. The van der Waals surface area contributed by atoms with E-state index < -0.39 is 0 Å². The predicted molar refractivity (Wildman–Crippen MR) is 69.4 cm³/mol. The van der Waals surface area contributed by atoms with Gasteiger partial charge in [0.25, 0.3) is 0 Å². The molecule has 0 saturated carbocycles. The molecule has 1 aromatic heterocycles. The van der Waals surface area contributed by atoms with Gasteiger partial charge in [-0.1, -0.05) is 12.1 Å². The molecule has 0 bridgehead atoms. The van der Waals surface area contributed by atoms with Crippen LogP contribution >= 0.6 is 0 Å². The van der Waals surface area contributed by atoms with Crippen molar-refractivity contribution in [2.24, 2.45) is 5.92 Å². The van der Waals surface area contributed by atoms with E-state index in [-0.39, 0.29) is 0 Å².